The van der Waals surface area contributed by atoms with Gasteiger partial charge in [-0.1, -0.05) is 0 Å². The molecule has 0 bridgehead atoms. The molecule has 1 heterocycles. The van der Waals surface area contributed by atoms with Gasteiger partial charge in [-0.25, -0.2) is 4.98 Å². The van der Waals surface area contributed by atoms with Gasteiger partial charge >= 0.3 is 0 Å². The number of aromatic amines is 1. The molecule has 0 spiro atoms. The Balaban J connectivity index is 3.34. The van der Waals surface area contributed by atoms with Crippen molar-refractivity contribution in [2.24, 2.45) is 0 Å². The molecular weight excluding hydrogens is 154 g/mol. The average Bonchev–Trinajstić information content (AvgIpc) is 1.80. The number of nitrogen functional groups attached to an aromatic ring is 1. The van der Waals surface area contributed by atoms with Gasteiger partial charge in [0.25, 0.3) is 0 Å². The fourth-order valence-electron chi connectivity index (χ4n) is 0.401. The molecule has 1 aromatic heterocycles. The monoisotopic (exact) mass is 159 g/mol. The van der Waals surface area contributed by atoms with Crippen molar-refractivity contribution in [3.8, 4) is 0 Å². The Morgan fingerprint density at radius 1 is 1.78 bits per heavy atom. The van der Waals surface area contributed by atoms with Gasteiger partial charge < -0.3 is 10.7 Å². The zero-order valence-electron chi connectivity index (χ0n) is 4.46. The van der Waals surface area contributed by atoms with Crippen molar-refractivity contribution >= 4 is 30.7 Å². The van der Waals surface area contributed by atoms with Crippen molar-refractivity contribution < 1.29 is 0 Å². The predicted molar refractivity (Wildman–Crippen MR) is 41.1 cm³/mol. The van der Waals surface area contributed by atoms with Gasteiger partial charge in [0.2, 0.25) is 0 Å². The maximum Gasteiger partial charge on any atom is 0.198 e. The SMILES string of the molecule is Nc1[nH]c(=S)ncc1S. The van der Waals surface area contributed by atoms with E-state index in [9.17, 15) is 0 Å². The van der Waals surface area contributed by atoms with E-state index in [0.717, 1.165) is 0 Å². The second kappa shape index (κ2) is 2.36. The Morgan fingerprint density at radius 2 is 2.44 bits per heavy atom. The Labute approximate surface area is 62.7 Å². The summed E-state index contributed by atoms with van der Waals surface area (Å²) < 4.78 is 0.380. The van der Waals surface area contributed by atoms with Crippen molar-refractivity contribution in [1.29, 1.82) is 0 Å². The van der Waals surface area contributed by atoms with E-state index >= 15 is 0 Å². The van der Waals surface area contributed by atoms with E-state index < -0.39 is 0 Å². The highest BCUT2D eigenvalue weighted by Gasteiger charge is 1.89. The van der Waals surface area contributed by atoms with Crippen molar-refractivity contribution in [2.45, 2.75) is 4.90 Å². The van der Waals surface area contributed by atoms with Gasteiger partial charge in [0, 0.05) is 6.20 Å². The highest BCUT2D eigenvalue weighted by Crippen LogP contribution is 2.08. The van der Waals surface area contributed by atoms with Crippen molar-refractivity contribution in [2.75, 3.05) is 5.73 Å². The van der Waals surface area contributed by atoms with Crippen molar-refractivity contribution in [1.82, 2.24) is 9.97 Å². The van der Waals surface area contributed by atoms with E-state index in [1.165, 1.54) is 6.20 Å². The standard InChI is InChI=1S/C4H5N3S2/c5-3-2(8)1-6-4(9)7-3/h1,8H,(H3,5,6,7,9). The van der Waals surface area contributed by atoms with Crippen LogP contribution in [0.1, 0.15) is 0 Å². The Hall–Kier alpha value is -0.550. The number of anilines is 1. The molecule has 9 heavy (non-hydrogen) atoms. The molecule has 0 aliphatic rings. The minimum atomic E-state index is 0.380. The summed E-state index contributed by atoms with van der Waals surface area (Å²) in [4.78, 5) is 7.00. The van der Waals surface area contributed by atoms with Crippen LogP contribution in [-0.4, -0.2) is 9.97 Å². The molecule has 48 valence electrons. The predicted octanol–water partition coefficient (Wildman–Crippen LogP) is 1.01. The molecule has 0 radical (unpaired) electrons. The third kappa shape index (κ3) is 1.43. The molecular formula is C4H5N3S2. The number of H-pyrrole nitrogens is 1. The highest BCUT2D eigenvalue weighted by atomic mass is 32.1. The first-order valence-corrected chi connectivity index (χ1v) is 3.09. The summed E-state index contributed by atoms with van der Waals surface area (Å²) in [5.74, 6) is 0.457. The summed E-state index contributed by atoms with van der Waals surface area (Å²) in [6.07, 6.45) is 1.51. The Kier molecular flexibility index (Phi) is 1.73. The largest absolute Gasteiger partial charge is 0.384 e. The van der Waals surface area contributed by atoms with Crippen LogP contribution in [0.15, 0.2) is 11.1 Å². The van der Waals surface area contributed by atoms with E-state index in [1.54, 1.807) is 0 Å². The summed E-state index contributed by atoms with van der Waals surface area (Å²) in [6, 6.07) is 0. The third-order valence-electron chi connectivity index (χ3n) is 0.822. The van der Waals surface area contributed by atoms with Crippen LogP contribution in [0.5, 0.6) is 0 Å². The van der Waals surface area contributed by atoms with Crippen molar-refractivity contribution in [3.63, 3.8) is 0 Å². The van der Waals surface area contributed by atoms with Crippen LogP contribution >= 0.6 is 24.8 Å². The quantitative estimate of drug-likeness (QED) is 0.391. The van der Waals surface area contributed by atoms with Crippen LogP contribution in [0.25, 0.3) is 0 Å². The smallest absolute Gasteiger partial charge is 0.198 e. The topological polar surface area (TPSA) is 54.7 Å². The molecule has 0 fully saturated rings. The van der Waals surface area contributed by atoms with Crippen LogP contribution in [0.4, 0.5) is 5.82 Å². The molecule has 1 rings (SSSR count). The van der Waals surface area contributed by atoms with Crippen LogP contribution in [-0.2, 0) is 0 Å². The highest BCUT2D eigenvalue weighted by molar-refractivity contribution is 7.80. The van der Waals surface area contributed by atoms with Crippen LogP contribution in [0.3, 0.4) is 0 Å². The summed E-state index contributed by atoms with van der Waals surface area (Å²) in [6.45, 7) is 0. The average molecular weight is 159 g/mol. The number of nitrogens with zero attached hydrogens (tertiary/aromatic N) is 1. The zero-order valence-corrected chi connectivity index (χ0v) is 6.17. The molecule has 0 aromatic carbocycles. The lowest BCUT2D eigenvalue weighted by Crippen LogP contribution is -1.92. The molecule has 0 amide bonds. The maximum atomic E-state index is 5.38. The number of nitrogens with one attached hydrogen (secondary N) is 1. The van der Waals surface area contributed by atoms with E-state index in [4.69, 9.17) is 5.73 Å². The second-order valence-corrected chi connectivity index (χ2v) is 2.36. The molecule has 0 unspecified atom stereocenters. The summed E-state index contributed by atoms with van der Waals surface area (Å²) >= 11 is 8.66. The number of aromatic nitrogens is 2. The fourth-order valence-corrected chi connectivity index (χ4v) is 0.677. The lowest BCUT2D eigenvalue weighted by molar-refractivity contribution is 1.09. The minimum Gasteiger partial charge on any atom is -0.384 e. The maximum absolute atomic E-state index is 5.38. The fraction of sp³-hybridized carbons (Fsp3) is 0. The first kappa shape index (κ1) is 6.57. The first-order chi connectivity index (χ1) is 4.20. The molecule has 3 N–H and O–H groups in total. The van der Waals surface area contributed by atoms with Gasteiger partial charge in [0.15, 0.2) is 4.77 Å². The summed E-state index contributed by atoms with van der Waals surface area (Å²) in [7, 11) is 0. The zero-order chi connectivity index (χ0) is 6.85. The van der Waals surface area contributed by atoms with Crippen LogP contribution in [0, 0.1) is 4.77 Å². The van der Waals surface area contributed by atoms with Crippen LogP contribution < -0.4 is 5.73 Å². The molecule has 3 nitrogen and oxygen atoms in total. The summed E-state index contributed by atoms with van der Waals surface area (Å²) in [5.41, 5.74) is 5.38. The van der Waals surface area contributed by atoms with E-state index in [-0.39, 0.29) is 0 Å². The van der Waals surface area contributed by atoms with E-state index in [2.05, 4.69) is 34.8 Å². The Morgan fingerprint density at radius 3 is 2.89 bits per heavy atom. The van der Waals surface area contributed by atoms with Crippen molar-refractivity contribution in [3.05, 3.63) is 11.0 Å². The second-order valence-electron chi connectivity index (χ2n) is 1.49. The van der Waals surface area contributed by atoms with E-state index in [0.29, 0.717) is 15.5 Å². The molecule has 0 aliphatic heterocycles. The molecule has 5 heteroatoms. The first-order valence-electron chi connectivity index (χ1n) is 2.24. The molecule has 0 aliphatic carbocycles. The number of rotatable bonds is 0. The summed E-state index contributed by atoms with van der Waals surface area (Å²) in [5, 5.41) is 0. The lowest BCUT2D eigenvalue weighted by Gasteiger charge is -1.94. The van der Waals surface area contributed by atoms with Gasteiger partial charge in [-0.2, -0.15) is 0 Å². The number of nitrogens with two attached hydrogens (primary N) is 1. The van der Waals surface area contributed by atoms with Gasteiger partial charge in [-0.15, -0.1) is 12.6 Å². The third-order valence-corrected chi connectivity index (χ3v) is 1.39. The number of hydrogen-bond acceptors (Lipinski definition) is 4. The van der Waals surface area contributed by atoms with Crippen LogP contribution in [0.2, 0.25) is 0 Å². The number of thiol groups is 1. The number of hydrogen-bond donors (Lipinski definition) is 3. The minimum absolute atomic E-state index is 0.380. The normalized spacial score (nSPS) is 9.44. The van der Waals surface area contributed by atoms with Gasteiger partial charge in [0.1, 0.15) is 5.82 Å². The molecule has 0 saturated heterocycles. The lowest BCUT2D eigenvalue weighted by atomic mass is 10.6. The Bertz CT molecular complexity index is 267. The molecule has 0 atom stereocenters. The molecule has 1 aromatic rings. The van der Waals surface area contributed by atoms with Gasteiger partial charge in [-0.3, -0.25) is 0 Å². The van der Waals surface area contributed by atoms with Gasteiger partial charge in [-0.05, 0) is 12.2 Å². The van der Waals surface area contributed by atoms with Gasteiger partial charge in [0.05, 0.1) is 4.90 Å². The molecule has 0 saturated carbocycles. The van der Waals surface area contributed by atoms with E-state index in [1.807, 2.05) is 0 Å².